The van der Waals surface area contributed by atoms with Crippen molar-refractivity contribution in [3.63, 3.8) is 0 Å². The zero-order valence-electron chi connectivity index (χ0n) is 22.6. The van der Waals surface area contributed by atoms with E-state index in [0.29, 0.717) is 16.5 Å². The van der Waals surface area contributed by atoms with Crippen LogP contribution in [0.15, 0.2) is 46.9 Å². The van der Waals surface area contributed by atoms with Gasteiger partial charge in [-0.1, -0.05) is 62.0 Å². The third kappa shape index (κ3) is 4.15. The molecule has 210 valence electrons. The van der Waals surface area contributed by atoms with Crippen molar-refractivity contribution in [2.75, 3.05) is 5.75 Å². The summed E-state index contributed by atoms with van der Waals surface area (Å²) in [5.74, 6) is 0.573. The molecule has 3 saturated carbocycles. The van der Waals surface area contributed by atoms with Crippen LogP contribution in [0.25, 0.3) is 0 Å². The number of allylic oxidation sites excluding steroid dienone is 4. The first-order valence-corrected chi connectivity index (χ1v) is 15.8. The monoisotopic (exact) mass is 590 g/mol. The van der Waals surface area contributed by atoms with Crippen molar-refractivity contribution in [3.05, 3.63) is 52.0 Å². The van der Waals surface area contributed by atoms with Crippen LogP contribution in [0.5, 0.6) is 0 Å². The van der Waals surface area contributed by atoms with E-state index >= 15 is 0 Å². The summed E-state index contributed by atoms with van der Waals surface area (Å²) >= 11 is 13.9. The van der Waals surface area contributed by atoms with Gasteiger partial charge in [0, 0.05) is 26.7 Å². The number of fused-ring (bicyclic) bond motifs is 7. The van der Waals surface area contributed by atoms with Crippen LogP contribution in [0.2, 0.25) is 10.0 Å². The van der Waals surface area contributed by atoms with Gasteiger partial charge in [-0.25, -0.2) is 0 Å². The van der Waals surface area contributed by atoms with Crippen molar-refractivity contribution in [2.24, 2.45) is 28.6 Å². The van der Waals surface area contributed by atoms with Crippen molar-refractivity contribution in [1.29, 1.82) is 0 Å². The lowest BCUT2D eigenvalue weighted by atomic mass is 9.46. The maximum absolute atomic E-state index is 14.4. The van der Waals surface area contributed by atoms with Gasteiger partial charge in [0.1, 0.15) is 0 Å². The molecule has 0 radical (unpaired) electrons. The lowest BCUT2D eigenvalue weighted by Gasteiger charge is -2.59. The Morgan fingerprint density at radius 1 is 1.26 bits per heavy atom. The van der Waals surface area contributed by atoms with Gasteiger partial charge in [0.15, 0.2) is 23.5 Å². The molecule has 1 N–H and O–H groups in total. The number of hydrogen-bond donors (Lipinski definition) is 1. The highest BCUT2D eigenvalue weighted by molar-refractivity contribution is 8.00. The number of hydrogen-bond acceptors (Lipinski definition) is 6. The Balaban J connectivity index is 1.34. The molecule has 8 heteroatoms. The highest BCUT2D eigenvalue weighted by atomic mass is 35.5. The molecule has 9 atom stereocenters. The van der Waals surface area contributed by atoms with Crippen LogP contribution in [-0.2, 0) is 19.1 Å². The highest BCUT2D eigenvalue weighted by Gasteiger charge is 2.75. The van der Waals surface area contributed by atoms with E-state index in [0.717, 1.165) is 42.6 Å². The van der Waals surface area contributed by atoms with Crippen LogP contribution < -0.4 is 0 Å². The fourth-order valence-corrected chi connectivity index (χ4v) is 10.3. The zero-order chi connectivity index (χ0) is 27.7. The first-order chi connectivity index (χ1) is 18.5. The molecule has 0 bridgehead atoms. The molecular weight excluding hydrogens is 555 g/mol. The Morgan fingerprint density at radius 2 is 2.05 bits per heavy atom. The van der Waals surface area contributed by atoms with Crippen LogP contribution in [0.3, 0.4) is 0 Å². The smallest absolute Gasteiger partial charge is 0.178 e. The van der Waals surface area contributed by atoms with E-state index in [4.69, 9.17) is 32.7 Å². The van der Waals surface area contributed by atoms with Crippen molar-refractivity contribution >= 4 is 46.5 Å². The van der Waals surface area contributed by atoms with Gasteiger partial charge in [-0.05, 0) is 74.3 Å². The van der Waals surface area contributed by atoms with Gasteiger partial charge in [0.2, 0.25) is 0 Å². The van der Waals surface area contributed by atoms with Crippen LogP contribution in [-0.4, -0.2) is 46.5 Å². The molecule has 4 fully saturated rings. The van der Waals surface area contributed by atoms with Gasteiger partial charge < -0.3 is 14.6 Å². The van der Waals surface area contributed by atoms with Gasteiger partial charge in [0.05, 0.1) is 23.0 Å². The number of benzene rings is 1. The number of thioether (sulfide) groups is 1. The fourth-order valence-electron chi connectivity index (χ4n) is 8.85. The largest absolute Gasteiger partial charge is 0.393 e. The summed E-state index contributed by atoms with van der Waals surface area (Å²) in [7, 11) is 0. The number of Topliss-reactive ketones (excluding diaryl/α,β-unsaturated/α-hetero) is 1. The van der Waals surface area contributed by atoms with E-state index in [2.05, 4.69) is 20.8 Å². The molecule has 4 aliphatic carbocycles. The fraction of sp³-hybridized carbons (Fsp3) is 0.613. The molecule has 5 nitrogen and oxygen atoms in total. The minimum Gasteiger partial charge on any atom is -0.393 e. The van der Waals surface area contributed by atoms with Crippen molar-refractivity contribution in [1.82, 2.24) is 0 Å². The molecule has 1 aliphatic heterocycles. The normalized spacial score (nSPS) is 42.4. The van der Waals surface area contributed by atoms with Gasteiger partial charge in [-0.3, -0.25) is 9.59 Å². The molecule has 5 aliphatic rings. The average Bonchev–Trinajstić information content (AvgIpc) is 3.36. The number of rotatable bonds is 6. The molecular formula is C31H36Cl2O5S. The summed E-state index contributed by atoms with van der Waals surface area (Å²) in [6.45, 7) is 6.40. The second-order valence-corrected chi connectivity index (χ2v) is 14.3. The maximum Gasteiger partial charge on any atom is 0.178 e. The SMILES string of the molecule is CCC[C@@H]1O[C@@H]2CC3C4CCC5=CC(=O)C=CC5(C)C4[C@@H](O)CC3(C)[C@]2(C(=O)CSc2ccc(Cl)cc2Cl)O1. The molecule has 0 spiro atoms. The van der Waals surface area contributed by atoms with Crippen LogP contribution in [0, 0.1) is 28.6 Å². The highest BCUT2D eigenvalue weighted by Crippen LogP contribution is 2.69. The molecule has 1 aromatic carbocycles. The van der Waals surface area contributed by atoms with Crippen LogP contribution >= 0.6 is 35.0 Å². The van der Waals surface area contributed by atoms with E-state index < -0.39 is 23.4 Å². The van der Waals surface area contributed by atoms with Crippen molar-refractivity contribution in [2.45, 2.75) is 88.3 Å². The van der Waals surface area contributed by atoms with Gasteiger partial charge in [-0.15, -0.1) is 11.8 Å². The quantitative estimate of drug-likeness (QED) is 0.366. The number of halogens is 2. The molecule has 0 amide bonds. The summed E-state index contributed by atoms with van der Waals surface area (Å²) < 4.78 is 13.3. The summed E-state index contributed by atoms with van der Waals surface area (Å²) in [5.41, 5.74) is -0.937. The zero-order valence-corrected chi connectivity index (χ0v) is 25.0. The lowest BCUT2D eigenvalue weighted by molar-refractivity contribution is -0.197. The number of aliphatic hydroxyl groups is 1. The summed E-state index contributed by atoms with van der Waals surface area (Å²) in [4.78, 5) is 27.3. The van der Waals surface area contributed by atoms with Crippen LogP contribution in [0.4, 0.5) is 0 Å². The number of ether oxygens (including phenoxy) is 2. The van der Waals surface area contributed by atoms with Gasteiger partial charge >= 0.3 is 0 Å². The maximum atomic E-state index is 14.4. The summed E-state index contributed by atoms with van der Waals surface area (Å²) in [6.07, 6.45) is 8.56. The van der Waals surface area contributed by atoms with E-state index in [1.54, 1.807) is 24.3 Å². The number of ketones is 2. The Kier molecular flexibility index (Phi) is 7.17. The van der Waals surface area contributed by atoms with Crippen LogP contribution in [0.1, 0.15) is 59.3 Å². The number of carbonyl (C=O) groups is 2. The predicted molar refractivity (Wildman–Crippen MR) is 153 cm³/mol. The standard InChI is InChI=1S/C31H36Cl2O5S/c1-4-5-27-37-26-14-21-20-8-6-17-12-19(34)10-11-29(17,2)28(20)23(35)15-30(21,3)31(26,38-27)25(36)16-39-24-9-7-18(32)13-22(24)33/h7,9-13,20-21,23,26-28,35H,4-6,8,14-16H2,1-3H3/t20?,21?,23-,26+,27+,28?,29?,30?,31+/m0/s1. The first-order valence-electron chi connectivity index (χ1n) is 14.1. The molecule has 1 saturated heterocycles. The Labute approximate surface area is 244 Å². The molecule has 5 unspecified atom stereocenters. The molecule has 1 aromatic rings. The second kappa shape index (κ2) is 9.99. The van der Waals surface area contributed by atoms with Gasteiger partial charge in [-0.2, -0.15) is 0 Å². The Hall–Kier alpha value is -1.15. The van der Waals surface area contributed by atoms with E-state index in [1.165, 1.54) is 11.8 Å². The minimum atomic E-state index is -1.12. The predicted octanol–water partition coefficient (Wildman–Crippen LogP) is 6.82. The summed E-state index contributed by atoms with van der Waals surface area (Å²) in [5, 5.41) is 12.9. The Bertz CT molecular complexity index is 1260. The minimum absolute atomic E-state index is 0.00327. The first kappa shape index (κ1) is 28.0. The molecule has 0 aromatic heterocycles. The third-order valence-corrected chi connectivity index (χ3v) is 12.2. The van der Waals surface area contributed by atoms with Crippen molar-refractivity contribution in [3.8, 4) is 0 Å². The topological polar surface area (TPSA) is 72.8 Å². The third-order valence-electron chi connectivity index (χ3n) is 10.5. The number of carbonyl (C=O) groups excluding carboxylic acids is 2. The summed E-state index contributed by atoms with van der Waals surface area (Å²) in [6, 6.07) is 5.31. The molecule has 1 heterocycles. The molecule has 6 rings (SSSR count). The molecule has 39 heavy (non-hydrogen) atoms. The van der Waals surface area contributed by atoms with E-state index in [9.17, 15) is 14.7 Å². The Morgan fingerprint density at radius 3 is 2.79 bits per heavy atom. The number of aliphatic hydroxyl groups excluding tert-OH is 1. The van der Waals surface area contributed by atoms with Crippen molar-refractivity contribution < 1.29 is 24.2 Å². The lowest BCUT2D eigenvalue weighted by Crippen LogP contribution is -2.63. The van der Waals surface area contributed by atoms with E-state index in [1.807, 2.05) is 12.1 Å². The van der Waals surface area contributed by atoms with E-state index in [-0.39, 0.29) is 46.6 Å². The average molecular weight is 592 g/mol. The second-order valence-electron chi connectivity index (χ2n) is 12.4. The van der Waals surface area contributed by atoms with Gasteiger partial charge in [0.25, 0.3) is 0 Å².